The molecule has 0 bridgehead atoms. The molecule has 3 aromatic heterocycles. The highest BCUT2D eigenvalue weighted by Gasteiger charge is 2.24. The normalized spacial score (nSPS) is 15.8. The molecule has 1 aliphatic rings. The van der Waals surface area contributed by atoms with Crippen molar-refractivity contribution in [3.8, 4) is 11.6 Å². The first-order valence-electron chi connectivity index (χ1n) is 11.0. The van der Waals surface area contributed by atoms with E-state index in [0.29, 0.717) is 23.4 Å². The number of amides is 3. The Morgan fingerprint density at radius 1 is 1.29 bits per heavy atom. The first-order valence-corrected chi connectivity index (χ1v) is 11.4. The topological polar surface area (TPSA) is 141 Å². The van der Waals surface area contributed by atoms with Gasteiger partial charge in [-0.1, -0.05) is 11.6 Å². The van der Waals surface area contributed by atoms with Crippen molar-refractivity contribution in [2.24, 2.45) is 5.73 Å². The second-order valence-corrected chi connectivity index (χ2v) is 8.46. The number of benzene rings is 1. The SMILES string of the molecule is Cc1coc(-c2cc(C(=O)NN(C(N)=O)c3ccc4c(cnn4C4CCCCO4)c3Cl)ccn2)n1. The van der Waals surface area contributed by atoms with Crippen LogP contribution < -0.4 is 16.2 Å². The molecular formula is C23H22ClN7O4. The Kier molecular flexibility index (Phi) is 6.10. The van der Waals surface area contributed by atoms with E-state index in [2.05, 4.69) is 20.5 Å². The lowest BCUT2D eigenvalue weighted by Crippen LogP contribution is -2.49. The minimum absolute atomic E-state index is 0.177. The molecular weight excluding hydrogens is 474 g/mol. The van der Waals surface area contributed by atoms with E-state index in [9.17, 15) is 9.59 Å². The maximum Gasteiger partial charge on any atom is 0.338 e. The Bertz CT molecular complexity index is 1410. The van der Waals surface area contributed by atoms with Crippen LogP contribution in [0.15, 0.2) is 47.3 Å². The van der Waals surface area contributed by atoms with Gasteiger partial charge in [-0.3, -0.25) is 15.2 Å². The molecule has 4 heterocycles. The number of aromatic nitrogens is 4. The standard InChI is InChI=1S/C23H22ClN7O4/c1-13-12-35-22(28-13)16-10-14(7-8-26-16)21(32)29-31(23(25)33)18-6-5-17-15(20(18)24)11-27-30(17)19-4-2-3-9-34-19/h5-8,10-12,19H,2-4,9H2,1H3,(H2,25,33)(H,29,32). The minimum atomic E-state index is -0.916. The van der Waals surface area contributed by atoms with Crippen molar-refractivity contribution in [1.82, 2.24) is 25.2 Å². The minimum Gasteiger partial charge on any atom is -0.443 e. The lowest BCUT2D eigenvalue weighted by molar-refractivity contribution is -0.0366. The van der Waals surface area contributed by atoms with Gasteiger partial charge in [0.15, 0.2) is 6.23 Å². The number of anilines is 1. The fraction of sp³-hybridized carbons (Fsp3) is 0.261. The quantitative estimate of drug-likeness (QED) is 0.408. The summed E-state index contributed by atoms with van der Waals surface area (Å²) in [6.45, 7) is 2.45. The van der Waals surface area contributed by atoms with Crippen molar-refractivity contribution in [3.05, 3.63) is 59.2 Å². The van der Waals surface area contributed by atoms with E-state index in [0.717, 1.165) is 29.8 Å². The van der Waals surface area contributed by atoms with E-state index in [4.69, 9.17) is 26.5 Å². The van der Waals surface area contributed by atoms with Crippen molar-refractivity contribution in [2.45, 2.75) is 32.4 Å². The molecule has 1 unspecified atom stereocenters. The highest BCUT2D eigenvalue weighted by Crippen LogP contribution is 2.35. The molecule has 1 aliphatic heterocycles. The summed E-state index contributed by atoms with van der Waals surface area (Å²) in [7, 11) is 0. The molecule has 0 saturated carbocycles. The van der Waals surface area contributed by atoms with Gasteiger partial charge in [0.1, 0.15) is 12.0 Å². The number of rotatable bonds is 4. The molecule has 3 N–H and O–H groups in total. The molecule has 5 rings (SSSR count). The average Bonchev–Trinajstić information content (AvgIpc) is 3.50. The van der Waals surface area contributed by atoms with Gasteiger partial charge in [0.25, 0.3) is 5.91 Å². The summed E-state index contributed by atoms with van der Waals surface area (Å²) in [6, 6.07) is 5.44. The lowest BCUT2D eigenvalue weighted by atomic mass is 10.2. The predicted molar refractivity (Wildman–Crippen MR) is 128 cm³/mol. The molecule has 35 heavy (non-hydrogen) atoms. The van der Waals surface area contributed by atoms with Crippen molar-refractivity contribution < 1.29 is 18.7 Å². The Morgan fingerprint density at radius 3 is 2.86 bits per heavy atom. The van der Waals surface area contributed by atoms with Gasteiger partial charge in [-0.2, -0.15) is 5.10 Å². The van der Waals surface area contributed by atoms with Gasteiger partial charge in [0.05, 0.1) is 28.1 Å². The number of ether oxygens (including phenoxy) is 1. The fourth-order valence-electron chi connectivity index (χ4n) is 3.96. The second kappa shape index (κ2) is 9.35. The van der Waals surface area contributed by atoms with Crippen LogP contribution in [-0.4, -0.2) is 38.3 Å². The smallest absolute Gasteiger partial charge is 0.338 e. The van der Waals surface area contributed by atoms with Gasteiger partial charge in [0.2, 0.25) is 5.89 Å². The van der Waals surface area contributed by atoms with Crippen LogP contribution >= 0.6 is 11.6 Å². The van der Waals surface area contributed by atoms with Crippen LogP contribution in [0.2, 0.25) is 5.02 Å². The monoisotopic (exact) mass is 495 g/mol. The number of hydrogen-bond donors (Lipinski definition) is 2. The highest BCUT2D eigenvalue weighted by molar-refractivity contribution is 6.38. The summed E-state index contributed by atoms with van der Waals surface area (Å²) < 4.78 is 13.0. The number of urea groups is 1. The molecule has 12 heteroatoms. The fourth-order valence-corrected chi connectivity index (χ4v) is 4.25. The number of carbonyl (C=O) groups excluding carboxylic acids is 2. The first kappa shape index (κ1) is 22.8. The lowest BCUT2D eigenvalue weighted by Gasteiger charge is -2.24. The largest absolute Gasteiger partial charge is 0.443 e. The Labute approximate surface area is 204 Å². The van der Waals surface area contributed by atoms with Crippen LogP contribution in [0.1, 0.15) is 41.5 Å². The van der Waals surface area contributed by atoms with E-state index in [1.54, 1.807) is 29.9 Å². The number of carbonyl (C=O) groups is 2. The molecule has 11 nitrogen and oxygen atoms in total. The number of pyridine rings is 1. The van der Waals surface area contributed by atoms with Gasteiger partial charge in [-0.25, -0.2) is 19.5 Å². The third-order valence-corrected chi connectivity index (χ3v) is 6.05. The van der Waals surface area contributed by atoms with E-state index in [1.165, 1.54) is 24.6 Å². The maximum atomic E-state index is 13.0. The van der Waals surface area contributed by atoms with E-state index >= 15 is 0 Å². The Morgan fingerprint density at radius 2 is 2.14 bits per heavy atom. The van der Waals surface area contributed by atoms with Gasteiger partial charge in [-0.05, 0) is 50.5 Å². The third-order valence-electron chi connectivity index (χ3n) is 5.66. The summed E-state index contributed by atoms with van der Waals surface area (Å²) in [4.78, 5) is 33.7. The molecule has 0 radical (unpaired) electrons. The van der Waals surface area contributed by atoms with Crippen molar-refractivity contribution in [3.63, 3.8) is 0 Å². The predicted octanol–water partition coefficient (Wildman–Crippen LogP) is 3.98. The Hall–Kier alpha value is -3.96. The summed E-state index contributed by atoms with van der Waals surface area (Å²) in [5.74, 6) is -0.324. The van der Waals surface area contributed by atoms with Crippen molar-refractivity contribution in [2.75, 3.05) is 11.6 Å². The Balaban J connectivity index is 1.43. The van der Waals surface area contributed by atoms with Gasteiger partial charge in [0, 0.05) is 23.8 Å². The van der Waals surface area contributed by atoms with Crippen LogP contribution in [0.4, 0.5) is 10.5 Å². The zero-order chi connectivity index (χ0) is 24.5. The number of nitrogens with zero attached hydrogens (tertiary/aromatic N) is 5. The summed E-state index contributed by atoms with van der Waals surface area (Å²) in [6.07, 6.45) is 7.27. The van der Waals surface area contributed by atoms with E-state index in [-0.39, 0.29) is 28.4 Å². The summed E-state index contributed by atoms with van der Waals surface area (Å²) in [5, 5.41) is 6.15. The average molecular weight is 496 g/mol. The van der Waals surface area contributed by atoms with Crippen molar-refractivity contribution >= 4 is 40.1 Å². The van der Waals surface area contributed by atoms with Crippen LogP contribution in [0.25, 0.3) is 22.5 Å². The molecule has 0 aliphatic carbocycles. The number of hydrogen-bond acceptors (Lipinski definition) is 7. The highest BCUT2D eigenvalue weighted by atomic mass is 35.5. The molecule has 0 spiro atoms. The molecule has 4 aromatic rings. The third kappa shape index (κ3) is 4.43. The molecule has 1 atom stereocenters. The molecule has 1 saturated heterocycles. The summed E-state index contributed by atoms with van der Waals surface area (Å²) in [5.41, 5.74) is 10.3. The van der Waals surface area contributed by atoms with Crippen molar-refractivity contribution in [1.29, 1.82) is 0 Å². The number of oxazole rings is 1. The first-order chi connectivity index (χ1) is 16.9. The van der Waals surface area contributed by atoms with Crippen LogP contribution in [0, 0.1) is 6.92 Å². The van der Waals surface area contributed by atoms with Gasteiger partial charge >= 0.3 is 6.03 Å². The zero-order valence-corrected chi connectivity index (χ0v) is 19.5. The molecule has 3 amide bonds. The summed E-state index contributed by atoms with van der Waals surface area (Å²) >= 11 is 6.64. The number of halogens is 1. The number of nitrogens with two attached hydrogens (primary N) is 1. The van der Waals surface area contributed by atoms with Crippen LogP contribution in [0.3, 0.4) is 0 Å². The zero-order valence-electron chi connectivity index (χ0n) is 18.8. The number of primary amides is 1. The number of fused-ring (bicyclic) bond motifs is 1. The maximum absolute atomic E-state index is 13.0. The number of hydrazine groups is 1. The number of aryl methyl sites for hydroxylation is 1. The van der Waals surface area contributed by atoms with E-state index in [1.807, 2.05) is 0 Å². The molecule has 180 valence electrons. The van der Waals surface area contributed by atoms with Crippen LogP contribution in [-0.2, 0) is 4.74 Å². The molecule has 1 fully saturated rings. The van der Waals surface area contributed by atoms with Crippen LogP contribution in [0.5, 0.6) is 0 Å². The second-order valence-electron chi connectivity index (χ2n) is 8.08. The van der Waals surface area contributed by atoms with E-state index < -0.39 is 11.9 Å². The van der Waals surface area contributed by atoms with Gasteiger partial charge in [-0.15, -0.1) is 0 Å². The number of nitrogens with one attached hydrogen (secondary N) is 1. The molecule has 1 aromatic carbocycles. The van der Waals surface area contributed by atoms with Gasteiger partial charge < -0.3 is 14.9 Å².